The number of carbonyl (C=O) groups excluding carboxylic acids is 2. The molecule has 2 saturated heterocycles. The predicted molar refractivity (Wildman–Crippen MR) is 121 cm³/mol. The van der Waals surface area contributed by atoms with Crippen LogP contribution in [-0.2, 0) is 20.7 Å². The SMILES string of the molecule is CN(CCN(C1CCOCC1)C1CCN(C(=O)C2CC2)C1)C(=O)CCc1ccccc1. The van der Waals surface area contributed by atoms with Crippen molar-refractivity contribution in [1.82, 2.24) is 14.7 Å². The zero-order valence-electron chi connectivity index (χ0n) is 18.9. The molecule has 0 spiro atoms. The van der Waals surface area contributed by atoms with Crippen LogP contribution in [0.3, 0.4) is 0 Å². The Hall–Kier alpha value is -1.92. The summed E-state index contributed by atoms with van der Waals surface area (Å²) in [5, 5.41) is 0. The third-order valence-electron chi connectivity index (χ3n) is 7.12. The van der Waals surface area contributed by atoms with Crippen LogP contribution in [0, 0.1) is 5.92 Å². The van der Waals surface area contributed by atoms with Gasteiger partial charge in [0.05, 0.1) is 0 Å². The van der Waals surface area contributed by atoms with Gasteiger partial charge in [0, 0.05) is 70.9 Å². The number of likely N-dealkylation sites (N-methyl/N-ethyl adjacent to an activating group) is 1. The molecule has 170 valence electrons. The van der Waals surface area contributed by atoms with Crippen LogP contribution < -0.4 is 0 Å². The van der Waals surface area contributed by atoms with Crippen molar-refractivity contribution in [1.29, 1.82) is 0 Å². The van der Waals surface area contributed by atoms with Gasteiger partial charge >= 0.3 is 0 Å². The van der Waals surface area contributed by atoms with Crippen molar-refractivity contribution < 1.29 is 14.3 Å². The Kier molecular flexibility index (Phi) is 7.62. The highest BCUT2D eigenvalue weighted by atomic mass is 16.5. The molecule has 31 heavy (non-hydrogen) atoms. The lowest BCUT2D eigenvalue weighted by atomic mass is 10.0. The van der Waals surface area contributed by atoms with E-state index in [0.29, 0.717) is 30.3 Å². The summed E-state index contributed by atoms with van der Waals surface area (Å²) in [4.78, 5) is 31.8. The Morgan fingerprint density at radius 1 is 1.00 bits per heavy atom. The standard InChI is InChI=1S/C25H37N3O3/c1-26(24(29)10-7-20-5-3-2-4-6-20)15-16-28(22-12-17-31-18-13-22)23-11-14-27(19-23)25(30)21-8-9-21/h2-6,21-23H,7-19H2,1H3. The first-order valence-electron chi connectivity index (χ1n) is 12.0. The van der Waals surface area contributed by atoms with Crippen LogP contribution in [0.2, 0.25) is 0 Å². The summed E-state index contributed by atoms with van der Waals surface area (Å²) in [5.41, 5.74) is 1.21. The maximum absolute atomic E-state index is 12.7. The van der Waals surface area contributed by atoms with Crippen molar-refractivity contribution >= 4 is 11.8 Å². The molecule has 2 heterocycles. The molecule has 1 aromatic carbocycles. The van der Waals surface area contributed by atoms with Crippen LogP contribution in [-0.4, -0.2) is 85.0 Å². The number of amides is 2. The monoisotopic (exact) mass is 427 g/mol. The Morgan fingerprint density at radius 2 is 1.74 bits per heavy atom. The molecule has 1 aromatic rings. The van der Waals surface area contributed by atoms with E-state index in [1.165, 1.54) is 5.56 Å². The maximum Gasteiger partial charge on any atom is 0.225 e. The van der Waals surface area contributed by atoms with Gasteiger partial charge in [0.25, 0.3) is 0 Å². The summed E-state index contributed by atoms with van der Waals surface area (Å²) in [5.74, 6) is 0.860. The van der Waals surface area contributed by atoms with Crippen molar-refractivity contribution in [2.45, 2.75) is 57.0 Å². The second-order valence-electron chi connectivity index (χ2n) is 9.38. The van der Waals surface area contributed by atoms with E-state index in [4.69, 9.17) is 4.74 Å². The topological polar surface area (TPSA) is 53.1 Å². The summed E-state index contributed by atoms with van der Waals surface area (Å²) in [6, 6.07) is 11.1. The second-order valence-corrected chi connectivity index (χ2v) is 9.38. The number of hydrogen-bond donors (Lipinski definition) is 0. The molecular formula is C25H37N3O3. The highest BCUT2D eigenvalue weighted by Gasteiger charge is 2.39. The average molecular weight is 428 g/mol. The second kappa shape index (κ2) is 10.6. The van der Waals surface area contributed by atoms with Crippen LogP contribution >= 0.6 is 0 Å². The Balaban J connectivity index is 1.30. The van der Waals surface area contributed by atoms with Crippen molar-refractivity contribution in [3.8, 4) is 0 Å². The highest BCUT2D eigenvalue weighted by Crippen LogP contribution is 2.33. The fourth-order valence-corrected chi connectivity index (χ4v) is 4.96. The normalized spacial score (nSPS) is 22.1. The van der Waals surface area contributed by atoms with Gasteiger partial charge in [0.1, 0.15) is 0 Å². The summed E-state index contributed by atoms with van der Waals surface area (Å²) in [6.07, 6.45) is 6.59. The molecule has 0 radical (unpaired) electrons. The van der Waals surface area contributed by atoms with Gasteiger partial charge in [-0.05, 0) is 44.1 Å². The number of likely N-dealkylation sites (tertiary alicyclic amines) is 1. The molecule has 0 bridgehead atoms. The molecule has 1 saturated carbocycles. The van der Waals surface area contributed by atoms with Crippen LogP contribution in [0.15, 0.2) is 30.3 Å². The molecule has 4 rings (SSSR count). The summed E-state index contributed by atoms with van der Waals surface area (Å²) < 4.78 is 5.59. The van der Waals surface area contributed by atoms with Gasteiger partial charge in [-0.15, -0.1) is 0 Å². The quantitative estimate of drug-likeness (QED) is 0.608. The van der Waals surface area contributed by atoms with Gasteiger partial charge < -0.3 is 14.5 Å². The van der Waals surface area contributed by atoms with Crippen molar-refractivity contribution in [2.24, 2.45) is 5.92 Å². The van der Waals surface area contributed by atoms with E-state index < -0.39 is 0 Å². The zero-order chi connectivity index (χ0) is 21.6. The van der Waals surface area contributed by atoms with Crippen LogP contribution in [0.25, 0.3) is 0 Å². The van der Waals surface area contributed by atoms with Gasteiger partial charge in [-0.1, -0.05) is 30.3 Å². The molecule has 3 fully saturated rings. The van der Waals surface area contributed by atoms with E-state index in [-0.39, 0.29) is 5.91 Å². The molecule has 6 heteroatoms. The number of nitrogens with zero attached hydrogens (tertiary/aromatic N) is 3. The molecule has 1 atom stereocenters. The Morgan fingerprint density at radius 3 is 2.45 bits per heavy atom. The summed E-state index contributed by atoms with van der Waals surface area (Å²) in [6.45, 7) is 4.95. The van der Waals surface area contributed by atoms with Gasteiger partial charge in [-0.25, -0.2) is 0 Å². The molecule has 3 aliphatic rings. The number of rotatable bonds is 9. The first-order chi connectivity index (χ1) is 15.1. The summed E-state index contributed by atoms with van der Waals surface area (Å²) >= 11 is 0. The maximum atomic E-state index is 12.7. The molecule has 2 aliphatic heterocycles. The first kappa shape index (κ1) is 22.3. The molecule has 6 nitrogen and oxygen atoms in total. The lowest BCUT2D eigenvalue weighted by molar-refractivity contribution is -0.131. The Labute approximate surface area is 186 Å². The number of ether oxygens (including phenoxy) is 1. The van der Waals surface area contributed by atoms with Crippen LogP contribution in [0.4, 0.5) is 0 Å². The van der Waals surface area contributed by atoms with E-state index in [0.717, 1.165) is 77.9 Å². The van der Waals surface area contributed by atoms with Crippen molar-refractivity contribution in [3.63, 3.8) is 0 Å². The predicted octanol–water partition coefficient (Wildman–Crippen LogP) is 2.57. The van der Waals surface area contributed by atoms with E-state index in [2.05, 4.69) is 21.9 Å². The molecular weight excluding hydrogens is 390 g/mol. The lowest BCUT2D eigenvalue weighted by Gasteiger charge is -2.39. The van der Waals surface area contributed by atoms with Crippen molar-refractivity contribution in [2.75, 3.05) is 46.4 Å². The number of hydrogen-bond acceptors (Lipinski definition) is 4. The average Bonchev–Trinajstić information content (AvgIpc) is 3.55. The van der Waals surface area contributed by atoms with E-state index in [1.54, 1.807) is 0 Å². The minimum atomic E-state index is 0.202. The highest BCUT2D eigenvalue weighted by molar-refractivity contribution is 5.81. The molecule has 1 unspecified atom stereocenters. The third kappa shape index (κ3) is 6.07. The van der Waals surface area contributed by atoms with Gasteiger partial charge in [-0.2, -0.15) is 0 Å². The molecule has 1 aliphatic carbocycles. The van der Waals surface area contributed by atoms with E-state index in [9.17, 15) is 9.59 Å². The van der Waals surface area contributed by atoms with Crippen LogP contribution in [0.5, 0.6) is 0 Å². The van der Waals surface area contributed by atoms with Gasteiger partial charge in [0.15, 0.2) is 0 Å². The number of aryl methyl sites for hydroxylation is 1. The van der Waals surface area contributed by atoms with Crippen molar-refractivity contribution in [3.05, 3.63) is 35.9 Å². The fourth-order valence-electron chi connectivity index (χ4n) is 4.96. The minimum Gasteiger partial charge on any atom is -0.381 e. The largest absolute Gasteiger partial charge is 0.381 e. The zero-order valence-corrected chi connectivity index (χ0v) is 18.9. The molecule has 0 N–H and O–H groups in total. The van der Waals surface area contributed by atoms with E-state index >= 15 is 0 Å². The third-order valence-corrected chi connectivity index (χ3v) is 7.12. The Bertz CT molecular complexity index is 731. The van der Waals surface area contributed by atoms with Gasteiger partial charge in [-0.3, -0.25) is 14.5 Å². The van der Waals surface area contributed by atoms with E-state index in [1.807, 2.05) is 30.1 Å². The first-order valence-corrected chi connectivity index (χ1v) is 12.0. The molecule has 2 amide bonds. The smallest absolute Gasteiger partial charge is 0.225 e. The van der Waals surface area contributed by atoms with Gasteiger partial charge in [0.2, 0.25) is 11.8 Å². The minimum absolute atomic E-state index is 0.202. The lowest BCUT2D eigenvalue weighted by Crippen LogP contribution is -2.50. The summed E-state index contributed by atoms with van der Waals surface area (Å²) in [7, 11) is 1.92. The number of carbonyl (C=O) groups is 2. The number of benzene rings is 1. The van der Waals surface area contributed by atoms with Crippen LogP contribution in [0.1, 0.15) is 44.1 Å². The fraction of sp³-hybridized carbons (Fsp3) is 0.680. The molecule has 0 aromatic heterocycles.